The van der Waals surface area contributed by atoms with Gasteiger partial charge in [0.1, 0.15) is 5.82 Å². The van der Waals surface area contributed by atoms with Gasteiger partial charge in [-0.15, -0.1) is 0 Å². The quantitative estimate of drug-likeness (QED) is 0.942. The lowest BCUT2D eigenvalue weighted by atomic mass is 9.90. The van der Waals surface area contributed by atoms with Crippen molar-refractivity contribution in [2.75, 3.05) is 18.0 Å². The van der Waals surface area contributed by atoms with E-state index in [4.69, 9.17) is 5.11 Å². The summed E-state index contributed by atoms with van der Waals surface area (Å²) in [5, 5.41) is 9.09. The first-order chi connectivity index (χ1) is 10.6. The molecule has 0 saturated carbocycles. The van der Waals surface area contributed by atoms with Gasteiger partial charge < -0.3 is 10.0 Å². The zero-order valence-corrected chi connectivity index (χ0v) is 12.7. The largest absolute Gasteiger partial charge is 0.477 e. The SMILES string of the molecule is Cc1cccc([C@H]2CCCN(c3cccc(C(=O)O)n3)C2)c1. The minimum atomic E-state index is -0.978. The number of aryl methyl sites for hydroxylation is 1. The molecular weight excluding hydrogens is 276 g/mol. The summed E-state index contributed by atoms with van der Waals surface area (Å²) in [6.07, 6.45) is 2.26. The maximum absolute atomic E-state index is 11.1. The first kappa shape index (κ1) is 14.6. The highest BCUT2D eigenvalue weighted by Crippen LogP contribution is 2.29. The summed E-state index contributed by atoms with van der Waals surface area (Å²) >= 11 is 0. The lowest BCUT2D eigenvalue weighted by Gasteiger charge is -2.34. The monoisotopic (exact) mass is 296 g/mol. The standard InChI is InChI=1S/C18H20N2O2/c1-13-5-2-6-14(11-13)15-7-4-10-20(12-15)17-9-3-8-16(19-17)18(21)22/h2-3,5-6,8-9,11,15H,4,7,10,12H2,1H3,(H,21,22)/t15-/m0/s1. The molecule has 1 aliphatic rings. The molecule has 4 nitrogen and oxygen atoms in total. The van der Waals surface area contributed by atoms with E-state index in [-0.39, 0.29) is 5.69 Å². The zero-order valence-electron chi connectivity index (χ0n) is 12.7. The Labute approximate surface area is 130 Å². The number of hydrogen-bond acceptors (Lipinski definition) is 3. The Morgan fingerprint density at radius 1 is 1.27 bits per heavy atom. The van der Waals surface area contributed by atoms with Gasteiger partial charge in [0.2, 0.25) is 0 Å². The van der Waals surface area contributed by atoms with Crippen LogP contribution in [0.25, 0.3) is 0 Å². The van der Waals surface area contributed by atoms with E-state index in [0.717, 1.165) is 25.3 Å². The van der Waals surface area contributed by atoms with Crippen LogP contribution in [0.4, 0.5) is 5.82 Å². The van der Waals surface area contributed by atoms with Crippen molar-refractivity contribution >= 4 is 11.8 Å². The molecule has 0 unspecified atom stereocenters. The summed E-state index contributed by atoms with van der Waals surface area (Å²) in [7, 11) is 0. The number of aromatic nitrogens is 1. The number of carboxylic acid groups (broad SMARTS) is 1. The fourth-order valence-corrected chi connectivity index (χ4v) is 3.10. The van der Waals surface area contributed by atoms with E-state index in [1.54, 1.807) is 6.07 Å². The van der Waals surface area contributed by atoms with Crippen LogP contribution in [-0.4, -0.2) is 29.1 Å². The first-order valence-electron chi connectivity index (χ1n) is 7.65. The third-order valence-electron chi connectivity index (χ3n) is 4.21. The van der Waals surface area contributed by atoms with Gasteiger partial charge in [0.15, 0.2) is 5.69 Å². The van der Waals surface area contributed by atoms with Gasteiger partial charge in [0.05, 0.1) is 0 Å². The molecule has 0 aliphatic carbocycles. The van der Waals surface area contributed by atoms with Crippen molar-refractivity contribution in [3.05, 3.63) is 59.3 Å². The highest BCUT2D eigenvalue weighted by atomic mass is 16.4. The Hall–Kier alpha value is -2.36. The van der Waals surface area contributed by atoms with Crippen LogP contribution in [0.5, 0.6) is 0 Å². The molecular formula is C18H20N2O2. The predicted molar refractivity (Wildman–Crippen MR) is 86.6 cm³/mol. The van der Waals surface area contributed by atoms with Crippen molar-refractivity contribution in [1.82, 2.24) is 4.98 Å². The smallest absolute Gasteiger partial charge is 0.354 e. The van der Waals surface area contributed by atoms with E-state index < -0.39 is 5.97 Å². The molecule has 1 N–H and O–H groups in total. The van der Waals surface area contributed by atoms with E-state index >= 15 is 0 Å². The van der Waals surface area contributed by atoms with Crippen LogP contribution >= 0.6 is 0 Å². The molecule has 1 atom stereocenters. The summed E-state index contributed by atoms with van der Waals surface area (Å²) in [6, 6.07) is 13.8. The summed E-state index contributed by atoms with van der Waals surface area (Å²) in [5.41, 5.74) is 2.75. The Morgan fingerprint density at radius 3 is 2.86 bits per heavy atom. The molecule has 114 valence electrons. The normalized spacial score (nSPS) is 18.2. The molecule has 2 heterocycles. The highest BCUT2D eigenvalue weighted by Gasteiger charge is 2.22. The summed E-state index contributed by atoms with van der Waals surface area (Å²) in [4.78, 5) is 17.5. The third-order valence-corrected chi connectivity index (χ3v) is 4.21. The number of anilines is 1. The fourth-order valence-electron chi connectivity index (χ4n) is 3.10. The van der Waals surface area contributed by atoms with Crippen molar-refractivity contribution in [2.45, 2.75) is 25.7 Å². The topological polar surface area (TPSA) is 53.4 Å². The van der Waals surface area contributed by atoms with Gasteiger partial charge in [-0.25, -0.2) is 9.78 Å². The van der Waals surface area contributed by atoms with Crippen molar-refractivity contribution in [2.24, 2.45) is 0 Å². The highest BCUT2D eigenvalue weighted by molar-refractivity contribution is 5.85. The molecule has 0 radical (unpaired) electrons. The van der Waals surface area contributed by atoms with Gasteiger partial charge in [-0.2, -0.15) is 0 Å². The number of piperidine rings is 1. The maximum atomic E-state index is 11.1. The van der Waals surface area contributed by atoms with Crippen LogP contribution < -0.4 is 4.90 Å². The third kappa shape index (κ3) is 3.11. The zero-order chi connectivity index (χ0) is 15.5. The van der Waals surface area contributed by atoms with Crippen molar-refractivity contribution in [3.63, 3.8) is 0 Å². The molecule has 1 aromatic heterocycles. The van der Waals surface area contributed by atoms with Crippen LogP contribution in [0.15, 0.2) is 42.5 Å². The predicted octanol–water partition coefficient (Wildman–Crippen LogP) is 3.47. The number of nitrogens with zero attached hydrogens (tertiary/aromatic N) is 2. The van der Waals surface area contributed by atoms with Crippen LogP contribution in [0.1, 0.15) is 40.4 Å². The Bertz CT molecular complexity index is 684. The summed E-state index contributed by atoms with van der Waals surface area (Å²) in [6.45, 7) is 3.93. The summed E-state index contributed by atoms with van der Waals surface area (Å²) in [5.74, 6) is 0.260. The molecule has 1 fully saturated rings. The summed E-state index contributed by atoms with van der Waals surface area (Å²) < 4.78 is 0. The van der Waals surface area contributed by atoms with E-state index in [9.17, 15) is 4.79 Å². The van der Waals surface area contributed by atoms with E-state index in [2.05, 4.69) is 41.1 Å². The lowest BCUT2D eigenvalue weighted by molar-refractivity contribution is 0.0690. The van der Waals surface area contributed by atoms with E-state index in [1.165, 1.54) is 23.6 Å². The van der Waals surface area contributed by atoms with Crippen LogP contribution in [0.3, 0.4) is 0 Å². The average Bonchev–Trinajstić information content (AvgIpc) is 2.55. The Kier molecular flexibility index (Phi) is 4.09. The molecule has 1 aliphatic heterocycles. The molecule has 2 aromatic rings. The number of pyridine rings is 1. The van der Waals surface area contributed by atoms with E-state index in [1.807, 2.05) is 6.07 Å². The van der Waals surface area contributed by atoms with E-state index in [0.29, 0.717) is 5.92 Å². The minimum Gasteiger partial charge on any atom is -0.477 e. The Morgan fingerprint density at radius 2 is 2.09 bits per heavy atom. The van der Waals surface area contributed by atoms with Gasteiger partial charge in [-0.3, -0.25) is 0 Å². The molecule has 3 rings (SSSR count). The number of aromatic carboxylic acids is 1. The second-order valence-corrected chi connectivity index (χ2v) is 5.89. The first-order valence-corrected chi connectivity index (χ1v) is 7.65. The van der Waals surface area contributed by atoms with Gasteiger partial charge in [-0.1, -0.05) is 35.9 Å². The maximum Gasteiger partial charge on any atom is 0.354 e. The second-order valence-electron chi connectivity index (χ2n) is 5.89. The van der Waals surface area contributed by atoms with Crippen LogP contribution in [0, 0.1) is 6.92 Å². The van der Waals surface area contributed by atoms with Crippen LogP contribution in [-0.2, 0) is 0 Å². The average molecular weight is 296 g/mol. The number of hydrogen-bond donors (Lipinski definition) is 1. The van der Waals surface area contributed by atoms with Crippen LogP contribution in [0.2, 0.25) is 0 Å². The molecule has 0 spiro atoms. The Balaban J connectivity index is 1.81. The number of benzene rings is 1. The minimum absolute atomic E-state index is 0.107. The molecule has 22 heavy (non-hydrogen) atoms. The van der Waals surface area contributed by atoms with Gasteiger partial charge in [-0.05, 0) is 37.5 Å². The number of carboxylic acids is 1. The van der Waals surface area contributed by atoms with Crippen molar-refractivity contribution in [3.8, 4) is 0 Å². The molecule has 4 heteroatoms. The second kappa shape index (κ2) is 6.18. The van der Waals surface area contributed by atoms with Gasteiger partial charge >= 0.3 is 5.97 Å². The molecule has 1 saturated heterocycles. The van der Waals surface area contributed by atoms with Gasteiger partial charge in [0, 0.05) is 19.0 Å². The number of rotatable bonds is 3. The van der Waals surface area contributed by atoms with Crippen molar-refractivity contribution in [1.29, 1.82) is 0 Å². The lowest BCUT2D eigenvalue weighted by Crippen LogP contribution is -2.35. The molecule has 0 bridgehead atoms. The number of carbonyl (C=O) groups is 1. The molecule has 1 aromatic carbocycles. The van der Waals surface area contributed by atoms with Crippen molar-refractivity contribution < 1.29 is 9.90 Å². The molecule has 0 amide bonds. The fraction of sp³-hybridized carbons (Fsp3) is 0.333. The van der Waals surface area contributed by atoms with Gasteiger partial charge in [0.25, 0.3) is 0 Å².